The van der Waals surface area contributed by atoms with Gasteiger partial charge in [0, 0.05) is 11.5 Å². The maximum atomic E-state index is 12.9. The minimum absolute atomic E-state index is 0.0333. The molecule has 6 unspecified atom stereocenters. The van der Waals surface area contributed by atoms with Crippen LogP contribution in [-0.4, -0.2) is 49.3 Å². The van der Waals surface area contributed by atoms with E-state index in [1.807, 2.05) is 0 Å². The Hall–Kier alpha value is -3.30. The highest BCUT2D eigenvalue weighted by molar-refractivity contribution is 6.06. The molecule has 1 aromatic carbocycles. The third-order valence-corrected chi connectivity index (χ3v) is 7.45. The van der Waals surface area contributed by atoms with E-state index in [0.29, 0.717) is 23.1 Å². The summed E-state index contributed by atoms with van der Waals surface area (Å²) in [6.07, 6.45) is 4.10. The van der Waals surface area contributed by atoms with Crippen molar-refractivity contribution in [2.45, 2.75) is 25.2 Å². The van der Waals surface area contributed by atoms with Crippen molar-refractivity contribution in [1.29, 1.82) is 0 Å². The van der Waals surface area contributed by atoms with Crippen molar-refractivity contribution in [3.8, 4) is 5.75 Å². The number of imide groups is 2. The summed E-state index contributed by atoms with van der Waals surface area (Å²) < 4.78 is 0. The van der Waals surface area contributed by atoms with Crippen molar-refractivity contribution < 1.29 is 34.7 Å². The largest absolute Gasteiger partial charge is 0.507 e. The predicted molar refractivity (Wildman–Crippen MR) is 107 cm³/mol. The Morgan fingerprint density at radius 1 is 0.938 bits per heavy atom. The molecule has 4 aliphatic rings. The second-order valence-corrected chi connectivity index (χ2v) is 8.85. The first-order chi connectivity index (χ1) is 15.3. The van der Waals surface area contributed by atoms with Crippen LogP contribution >= 0.6 is 0 Å². The lowest BCUT2D eigenvalue weighted by molar-refractivity contribution is -0.174. The molecule has 2 aliphatic heterocycles. The molecule has 6 atom stereocenters. The van der Waals surface area contributed by atoms with Gasteiger partial charge in [0.1, 0.15) is 5.75 Å². The fourth-order valence-electron chi connectivity index (χ4n) is 6.09. The van der Waals surface area contributed by atoms with Gasteiger partial charge >= 0.3 is 0 Å². The number of fused-ring (bicyclic) bond motifs is 4. The van der Waals surface area contributed by atoms with Crippen LogP contribution in [0.15, 0.2) is 42.5 Å². The van der Waals surface area contributed by atoms with E-state index in [1.165, 1.54) is 0 Å². The standard InChI is InChI=1S/C23H22N2O7/c1-2-4-10-5-3-6-12(19(10)26)16-11-7-8-13-17(22(29)24(31)20(13)27)14(11)9-15-18(16)23(30)25(32)21(15)28/h2-3,5-7,13-18,26,31-32H,1,4,8-9H2. The molecule has 166 valence electrons. The molecule has 3 fully saturated rings. The van der Waals surface area contributed by atoms with Crippen molar-refractivity contribution in [2.24, 2.45) is 29.6 Å². The highest BCUT2D eigenvalue weighted by Crippen LogP contribution is 2.58. The maximum absolute atomic E-state index is 12.9. The van der Waals surface area contributed by atoms with Crippen molar-refractivity contribution in [3.05, 3.63) is 53.6 Å². The van der Waals surface area contributed by atoms with Crippen LogP contribution in [0.2, 0.25) is 0 Å². The topological polar surface area (TPSA) is 135 Å². The Balaban J connectivity index is 1.68. The number of allylic oxidation sites excluding steroid dienone is 3. The molecular formula is C23H22N2O7. The minimum Gasteiger partial charge on any atom is -0.507 e. The van der Waals surface area contributed by atoms with Gasteiger partial charge in [0.15, 0.2) is 0 Å². The summed E-state index contributed by atoms with van der Waals surface area (Å²) in [5, 5.41) is 31.3. The van der Waals surface area contributed by atoms with Gasteiger partial charge in [-0.15, -0.1) is 6.58 Å². The van der Waals surface area contributed by atoms with Crippen molar-refractivity contribution in [1.82, 2.24) is 10.1 Å². The molecular weight excluding hydrogens is 416 g/mol. The fraction of sp³-hybridized carbons (Fsp3) is 0.391. The quantitative estimate of drug-likeness (QED) is 0.370. The lowest BCUT2D eigenvalue weighted by Crippen LogP contribution is -2.43. The molecule has 32 heavy (non-hydrogen) atoms. The van der Waals surface area contributed by atoms with E-state index >= 15 is 0 Å². The molecule has 0 spiro atoms. The summed E-state index contributed by atoms with van der Waals surface area (Å²) >= 11 is 0. The Kier molecular flexibility index (Phi) is 4.58. The number of phenols is 1. The average Bonchev–Trinajstić information content (AvgIpc) is 3.14. The van der Waals surface area contributed by atoms with Gasteiger partial charge in [-0.05, 0) is 30.7 Å². The van der Waals surface area contributed by atoms with Crippen LogP contribution in [0.4, 0.5) is 0 Å². The number of phenolic OH excluding ortho intramolecular Hbond substituents is 1. The minimum atomic E-state index is -0.936. The smallest absolute Gasteiger partial charge is 0.258 e. The molecule has 9 nitrogen and oxygen atoms in total. The number of carbonyl (C=O) groups is 4. The van der Waals surface area contributed by atoms with Crippen LogP contribution in [-0.2, 0) is 25.6 Å². The molecule has 0 bridgehead atoms. The monoisotopic (exact) mass is 438 g/mol. The van der Waals surface area contributed by atoms with Crippen molar-refractivity contribution in [2.75, 3.05) is 0 Å². The molecule has 4 amide bonds. The third kappa shape index (κ3) is 2.58. The Morgan fingerprint density at radius 2 is 1.59 bits per heavy atom. The SMILES string of the molecule is C=CCc1cccc(C2C3=CCC4C(=O)N(O)C(=O)C4C3CC3C(=O)N(O)C(=O)C32)c1O. The molecule has 9 heteroatoms. The second kappa shape index (κ2) is 7.11. The first-order valence-corrected chi connectivity index (χ1v) is 10.5. The van der Waals surface area contributed by atoms with Gasteiger partial charge in [0.2, 0.25) is 0 Å². The number of hydrogen-bond acceptors (Lipinski definition) is 7. The Labute approximate surface area is 183 Å². The molecule has 2 heterocycles. The number of para-hydroxylation sites is 1. The number of nitrogens with zero attached hydrogens (tertiary/aromatic N) is 2. The van der Waals surface area contributed by atoms with Crippen molar-refractivity contribution in [3.63, 3.8) is 0 Å². The van der Waals surface area contributed by atoms with Crippen LogP contribution in [0.3, 0.4) is 0 Å². The number of amides is 4. The van der Waals surface area contributed by atoms with Gasteiger partial charge < -0.3 is 5.11 Å². The van der Waals surface area contributed by atoms with E-state index in [1.54, 1.807) is 30.4 Å². The number of hydroxylamine groups is 4. The molecule has 5 rings (SSSR count). The van der Waals surface area contributed by atoms with Gasteiger partial charge in [-0.1, -0.05) is 35.9 Å². The van der Waals surface area contributed by atoms with Crippen LogP contribution in [0.1, 0.15) is 29.9 Å². The number of rotatable bonds is 3. The number of hydrogen-bond donors (Lipinski definition) is 3. The van der Waals surface area contributed by atoms with E-state index in [9.17, 15) is 34.7 Å². The molecule has 1 saturated carbocycles. The Bertz CT molecular complexity index is 1110. The van der Waals surface area contributed by atoms with Crippen LogP contribution in [0.25, 0.3) is 0 Å². The number of benzene rings is 1. The summed E-state index contributed by atoms with van der Waals surface area (Å²) in [4.78, 5) is 50.7. The first kappa shape index (κ1) is 20.6. The van der Waals surface area contributed by atoms with Crippen molar-refractivity contribution >= 4 is 23.6 Å². The average molecular weight is 438 g/mol. The zero-order valence-electron chi connectivity index (χ0n) is 17.0. The van der Waals surface area contributed by atoms with E-state index in [-0.39, 0.29) is 28.7 Å². The predicted octanol–water partition coefficient (Wildman–Crippen LogP) is 1.54. The van der Waals surface area contributed by atoms with E-state index in [4.69, 9.17) is 0 Å². The number of aromatic hydroxyl groups is 1. The first-order valence-electron chi connectivity index (χ1n) is 10.5. The lowest BCUT2D eigenvalue weighted by atomic mass is 9.57. The molecule has 0 aromatic heterocycles. The second-order valence-electron chi connectivity index (χ2n) is 8.85. The maximum Gasteiger partial charge on any atom is 0.258 e. The fourth-order valence-corrected chi connectivity index (χ4v) is 6.09. The van der Waals surface area contributed by atoms with Crippen LogP contribution in [0, 0.1) is 29.6 Å². The van der Waals surface area contributed by atoms with E-state index < -0.39 is 59.1 Å². The highest BCUT2D eigenvalue weighted by Gasteiger charge is 2.62. The third-order valence-electron chi connectivity index (χ3n) is 7.45. The lowest BCUT2D eigenvalue weighted by Gasteiger charge is -2.44. The molecule has 0 radical (unpaired) electrons. The van der Waals surface area contributed by atoms with Gasteiger partial charge in [-0.25, -0.2) is 0 Å². The van der Waals surface area contributed by atoms with Gasteiger partial charge in [-0.2, -0.15) is 10.1 Å². The molecule has 3 N–H and O–H groups in total. The molecule has 2 aliphatic carbocycles. The van der Waals surface area contributed by atoms with E-state index in [2.05, 4.69) is 6.58 Å². The van der Waals surface area contributed by atoms with Crippen LogP contribution < -0.4 is 0 Å². The van der Waals surface area contributed by atoms with E-state index in [0.717, 1.165) is 0 Å². The Morgan fingerprint density at radius 3 is 2.28 bits per heavy atom. The summed E-state index contributed by atoms with van der Waals surface area (Å²) in [6, 6.07) is 5.12. The number of carbonyl (C=O) groups excluding carboxylic acids is 4. The zero-order valence-corrected chi connectivity index (χ0v) is 17.0. The molecule has 1 aromatic rings. The van der Waals surface area contributed by atoms with Gasteiger partial charge in [0.25, 0.3) is 23.6 Å². The van der Waals surface area contributed by atoms with Gasteiger partial charge in [-0.3, -0.25) is 29.6 Å². The van der Waals surface area contributed by atoms with Crippen LogP contribution in [0.5, 0.6) is 5.75 Å². The highest BCUT2D eigenvalue weighted by atomic mass is 16.5. The normalized spacial score (nSPS) is 33.8. The summed E-state index contributed by atoms with van der Waals surface area (Å²) in [5.74, 6) is -7.73. The summed E-state index contributed by atoms with van der Waals surface area (Å²) in [5.41, 5.74) is 1.69. The molecule has 2 saturated heterocycles. The zero-order chi connectivity index (χ0) is 22.9. The summed E-state index contributed by atoms with van der Waals surface area (Å²) in [6.45, 7) is 3.69. The van der Waals surface area contributed by atoms with Gasteiger partial charge in [0.05, 0.1) is 23.7 Å². The summed E-state index contributed by atoms with van der Waals surface area (Å²) in [7, 11) is 0.